The van der Waals surface area contributed by atoms with Crippen molar-refractivity contribution in [2.75, 3.05) is 0 Å². The van der Waals surface area contributed by atoms with Gasteiger partial charge in [0.2, 0.25) is 0 Å². The zero-order chi connectivity index (χ0) is 13.7. The van der Waals surface area contributed by atoms with E-state index in [1.54, 1.807) is 19.1 Å². The van der Waals surface area contributed by atoms with Gasteiger partial charge in [-0.2, -0.15) is 0 Å². The Balaban J connectivity index is 2.09. The van der Waals surface area contributed by atoms with Gasteiger partial charge in [0.25, 0.3) is 0 Å². The topological polar surface area (TPSA) is 35.5 Å². The maximum atomic E-state index is 11.2. The molecule has 1 atom stereocenters. The van der Waals surface area contributed by atoms with Crippen LogP contribution in [0.5, 0.6) is 17.2 Å². The van der Waals surface area contributed by atoms with Crippen LogP contribution < -0.4 is 9.47 Å². The molecule has 3 nitrogen and oxygen atoms in total. The summed E-state index contributed by atoms with van der Waals surface area (Å²) in [6, 6.07) is 16.8. The Morgan fingerprint density at radius 3 is 2.26 bits per heavy atom. The van der Waals surface area contributed by atoms with E-state index in [1.165, 1.54) is 6.92 Å². The smallest absolute Gasteiger partial charge is 0.169 e. The molecule has 0 fully saturated rings. The molecule has 0 radical (unpaired) electrons. The molecule has 0 aromatic heterocycles. The number of Topliss-reactive ketones (excluding diaryl/α,β-unsaturated/α-hetero) is 1. The zero-order valence-corrected chi connectivity index (χ0v) is 11.0. The third kappa shape index (κ3) is 3.85. The molecule has 0 unspecified atom stereocenters. The van der Waals surface area contributed by atoms with Gasteiger partial charge in [0.1, 0.15) is 17.2 Å². The highest BCUT2D eigenvalue weighted by molar-refractivity contribution is 5.80. The van der Waals surface area contributed by atoms with E-state index in [1.807, 2.05) is 42.5 Å². The summed E-state index contributed by atoms with van der Waals surface area (Å²) in [5.41, 5.74) is 0. The lowest BCUT2D eigenvalue weighted by Crippen LogP contribution is -2.20. The summed E-state index contributed by atoms with van der Waals surface area (Å²) in [6.45, 7) is 3.24. The highest BCUT2D eigenvalue weighted by Gasteiger charge is 2.09. The molecule has 0 saturated carbocycles. The van der Waals surface area contributed by atoms with Crippen LogP contribution in [0.3, 0.4) is 0 Å². The number of benzene rings is 2. The Labute approximate surface area is 112 Å². The van der Waals surface area contributed by atoms with E-state index < -0.39 is 6.10 Å². The third-order valence-corrected chi connectivity index (χ3v) is 2.67. The summed E-state index contributed by atoms with van der Waals surface area (Å²) in [6.07, 6.45) is -0.452. The van der Waals surface area contributed by atoms with Crippen LogP contribution in [0.1, 0.15) is 13.8 Å². The van der Waals surface area contributed by atoms with Crippen LogP contribution in [0, 0.1) is 0 Å². The second-order valence-corrected chi connectivity index (χ2v) is 4.26. The van der Waals surface area contributed by atoms with E-state index in [0.717, 1.165) is 5.75 Å². The van der Waals surface area contributed by atoms with Crippen LogP contribution in [0.25, 0.3) is 0 Å². The number of hydrogen-bond donors (Lipinski definition) is 0. The number of para-hydroxylation sites is 1. The van der Waals surface area contributed by atoms with Crippen LogP contribution in [0.2, 0.25) is 0 Å². The van der Waals surface area contributed by atoms with Crippen molar-refractivity contribution >= 4 is 5.78 Å². The van der Waals surface area contributed by atoms with Gasteiger partial charge in [0.05, 0.1) is 0 Å². The highest BCUT2D eigenvalue weighted by atomic mass is 16.5. The van der Waals surface area contributed by atoms with Gasteiger partial charge in [0, 0.05) is 6.07 Å². The first kappa shape index (κ1) is 13.1. The Hall–Kier alpha value is -2.29. The molecule has 0 aliphatic heterocycles. The van der Waals surface area contributed by atoms with Crippen LogP contribution >= 0.6 is 0 Å². The molecule has 0 amide bonds. The van der Waals surface area contributed by atoms with Gasteiger partial charge < -0.3 is 9.47 Å². The third-order valence-electron chi connectivity index (χ3n) is 2.67. The second-order valence-electron chi connectivity index (χ2n) is 4.26. The quantitative estimate of drug-likeness (QED) is 0.815. The van der Waals surface area contributed by atoms with E-state index >= 15 is 0 Å². The fourth-order valence-electron chi connectivity index (χ4n) is 1.52. The predicted octanol–water partition coefficient (Wildman–Crippen LogP) is 3.84. The Morgan fingerprint density at radius 1 is 0.947 bits per heavy atom. The maximum Gasteiger partial charge on any atom is 0.169 e. The van der Waals surface area contributed by atoms with Crippen molar-refractivity contribution in [2.24, 2.45) is 0 Å². The maximum absolute atomic E-state index is 11.2. The normalized spacial score (nSPS) is 11.7. The average Bonchev–Trinajstić information content (AvgIpc) is 2.40. The molecular formula is C16H16O3. The fourth-order valence-corrected chi connectivity index (χ4v) is 1.52. The lowest BCUT2D eigenvalue weighted by molar-refractivity contribution is -0.122. The monoisotopic (exact) mass is 256 g/mol. The molecule has 0 spiro atoms. The van der Waals surface area contributed by atoms with Crippen LogP contribution in [-0.2, 0) is 4.79 Å². The van der Waals surface area contributed by atoms with Crippen molar-refractivity contribution in [1.82, 2.24) is 0 Å². The molecule has 2 rings (SSSR count). The molecule has 2 aromatic rings. The first-order chi connectivity index (χ1) is 9.15. The summed E-state index contributed by atoms with van der Waals surface area (Å²) in [7, 11) is 0. The molecular weight excluding hydrogens is 240 g/mol. The molecule has 0 bridgehead atoms. The lowest BCUT2D eigenvalue weighted by Gasteiger charge is -2.12. The number of ketones is 1. The minimum absolute atomic E-state index is 0.00520. The van der Waals surface area contributed by atoms with Crippen molar-refractivity contribution in [3.63, 3.8) is 0 Å². The molecule has 19 heavy (non-hydrogen) atoms. The van der Waals surface area contributed by atoms with Gasteiger partial charge in [-0.25, -0.2) is 0 Å². The molecule has 98 valence electrons. The highest BCUT2D eigenvalue weighted by Crippen LogP contribution is 2.25. The Morgan fingerprint density at radius 2 is 1.58 bits per heavy atom. The van der Waals surface area contributed by atoms with E-state index in [-0.39, 0.29) is 5.78 Å². The predicted molar refractivity (Wildman–Crippen MR) is 73.7 cm³/mol. The molecule has 3 heteroatoms. The molecule has 2 aromatic carbocycles. The van der Waals surface area contributed by atoms with Gasteiger partial charge >= 0.3 is 0 Å². The molecule has 0 aliphatic carbocycles. The van der Waals surface area contributed by atoms with Gasteiger partial charge in [0.15, 0.2) is 11.9 Å². The van der Waals surface area contributed by atoms with Crippen LogP contribution in [0.4, 0.5) is 0 Å². The van der Waals surface area contributed by atoms with Gasteiger partial charge in [-0.3, -0.25) is 4.79 Å². The summed E-state index contributed by atoms with van der Waals surface area (Å²) >= 11 is 0. The summed E-state index contributed by atoms with van der Waals surface area (Å²) in [5.74, 6) is 2.06. The fraction of sp³-hybridized carbons (Fsp3) is 0.188. The largest absolute Gasteiger partial charge is 0.483 e. The number of hydrogen-bond acceptors (Lipinski definition) is 3. The first-order valence-corrected chi connectivity index (χ1v) is 6.15. The average molecular weight is 256 g/mol. The lowest BCUT2D eigenvalue weighted by atomic mass is 10.2. The summed E-state index contributed by atoms with van der Waals surface area (Å²) < 4.78 is 11.2. The number of rotatable bonds is 5. The summed E-state index contributed by atoms with van der Waals surface area (Å²) in [4.78, 5) is 11.2. The minimum Gasteiger partial charge on any atom is -0.483 e. The second kappa shape index (κ2) is 6.05. The Kier molecular flexibility index (Phi) is 4.18. The standard InChI is InChI=1S/C16H16O3/c1-12(17)13(2)18-15-9-6-10-16(11-15)19-14-7-4-3-5-8-14/h3-11,13H,1-2H3/t13-/m0/s1. The first-order valence-electron chi connectivity index (χ1n) is 6.15. The van der Waals surface area contributed by atoms with Crippen molar-refractivity contribution < 1.29 is 14.3 Å². The van der Waals surface area contributed by atoms with Crippen molar-refractivity contribution in [3.05, 3.63) is 54.6 Å². The van der Waals surface area contributed by atoms with E-state index in [4.69, 9.17) is 9.47 Å². The van der Waals surface area contributed by atoms with Gasteiger partial charge in [-0.05, 0) is 38.1 Å². The Bertz CT molecular complexity index is 549. The molecule has 0 aliphatic rings. The number of ether oxygens (including phenoxy) is 2. The van der Waals surface area contributed by atoms with Crippen molar-refractivity contribution in [1.29, 1.82) is 0 Å². The molecule has 0 heterocycles. The SMILES string of the molecule is CC(=O)[C@H](C)Oc1cccc(Oc2ccccc2)c1. The summed E-state index contributed by atoms with van der Waals surface area (Å²) in [5, 5.41) is 0. The van der Waals surface area contributed by atoms with Crippen LogP contribution in [0.15, 0.2) is 54.6 Å². The molecule has 0 saturated heterocycles. The van der Waals surface area contributed by atoms with Gasteiger partial charge in [-0.15, -0.1) is 0 Å². The van der Waals surface area contributed by atoms with Gasteiger partial charge in [-0.1, -0.05) is 24.3 Å². The van der Waals surface area contributed by atoms with Crippen molar-refractivity contribution in [2.45, 2.75) is 20.0 Å². The zero-order valence-electron chi connectivity index (χ0n) is 11.0. The van der Waals surface area contributed by atoms with E-state index in [2.05, 4.69) is 0 Å². The van der Waals surface area contributed by atoms with Crippen LogP contribution in [-0.4, -0.2) is 11.9 Å². The van der Waals surface area contributed by atoms with Crippen molar-refractivity contribution in [3.8, 4) is 17.2 Å². The molecule has 0 N–H and O–H groups in total. The minimum atomic E-state index is -0.452. The number of carbonyl (C=O) groups is 1. The van der Waals surface area contributed by atoms with E-state index in [9.17, 15) is 4.79 Å². The number of carbonyl (C=O) groups excluding carboxylic acids is 1. The van der Waals surface area contributed by atoms with E-state index in [0.29, 0.717) is 11.5 Å².